The molecule has 3 rings (SSSR count). The minimum Gasteiger partial charge on any atom is -0.442 e. The van der Waals surface area contributed by atoms with Gasteiger partial charge in [0.05, 0.1) is 36.7 Å². The molecule has 136 valence electrons. The highest BCUT2D eigenvalue weighted by molar-refractivity contribution is 5.90. The van der Waals surface area contributed by atoms with Gasteiger partial charge in [-0.3, -0.25) is 9.69 Å². The van der Waals surface area contributed by atoms with Crippen molar-refractivity contribution in [1.29, 1.82) is 0 Å². The number of anilines is 2. The molecule has 1 aromatic carbocycles. The van der Waals surface area contributed by atoms with Crippen molar-refractivity contribution in [2.45, 2.75) is 25.2 Å². The molecule has 3 atom stereocenters. The average molecular weight is 353 g/mol. The number of halogens is 1. The van der Waals surface area contributed by atoms with Crippen LogP contribution in [0.5, 0.6) is 0 Å². The van der Waals surface area contributed by atoms with Crippen molar-refractivity contribution in [2.24, 2.45) is 0 Å². The highest BCUT2D eigenvalue weighted by Gasteiger charge is 2.34. The van der Waals surface area contributed by atoms with E-state index in [9.17, 15) is 24.2 Å². The van der Waals surface area contributed by atoms with Gasteiger partial charge in [-0.15, -0.1) is 0 Å². The van der Waals surface area contributed by atoms with Gasteiger partial charge in [0, 0.05) is 20.0 Å². The Kier molecular flexibility index (Phi) is 4.78. The van der Waals surface area contributed by atoms with Crippen LogP contribution in [0, 0.1) is 5.82 Å². The Morgan fingerprint density at radius 2 is 2.00 bits per heavy atom. The number of hydrogen-bond acceptors (Lipinski definition) is 6. The zero-order valence-electron chi connectivity index (χ0n) is 13.7. The van der Waals surface area contributed by atoms with E-state index in [2.05, 4.69) is 5.32 Å². The van der Waals surface area contributed by atoms with Crippen LogP contribution in [0.4, 0.5) is 20.6 Å². The first-order valence-electron chi connectivity index (χ1n) is 7.98. The number of benzene rings is 1. The zero-order chi connectivity index (χ0) is 18.1. The number of amides is 2. The number of aliphatic hydroxyl groups excluding tert-OH is 2. The topological polar surface area (TPSA) is 102 Å². The van der Waals surface area contributed by atoms with Crippen LogP contribution in [0.1, 0.15) is 6.92 Å². The van der Waals surface area contributed by atoms with E-state index in [4.69, 9.17) is 4.74 Å². The number of carbonyl (C=O) groups excluding carboxylic acids is 2. The van der Waals surface area contributed by atoms with E-state index in [1.807, 2.05) is 0 Å². The highest BCUT2D eigenvalue weighted by atomic mass is 19.1. The molecule has 25 heavy (non-hydrogen) atoms. The van der Waals surface area contributed by atoms with Gasteiger partial charge in [0.25, 0.3) is 0 Å². The van der Waals surface area contributed by atoms with Crippen LogP contribution in [0.3, 0.4) is 0 Å². The SMILES string of the molecule is CC(=O)NCC1CN(c2ccc(N3CC(O)C(O)C3)c(F)c2)C(=O)O1. The Bertz CT molecular complexity index is 676. The predicted octanol–water partition coefficient (Wildman–Crippen LogP) is -0.171. The smallest absolute Gasteiger partial charge is 0.414 e. The summed E-state index contributed by atoms with van der Waals surface area (Å²) in [5.41, 5.74) is 0.596. The number of cyclic esters (lactones) is 1. The summed E-state index contributed by atoms with van der Waals surface area (Å²) in [6.45, 7) is 2.06. The van der Waals surface area contributed by atoms with Gasteiger partial charge in [-0.1, -0.05) is 0 Å². The number of rotatable bonds is 4. The first-order chi connectivity index (χ1) is 11.8. The molecule has 3 N–H and O–H groups in total. The van der Waals surface area contributed by atoms with E-state index in [1.54, 1.807) is 11.0 Å². The standard InChI is InChI=1S/C16H20FN3O5/c1-9(21)18-5-11-6-20(16(24)25-11)10-2-3-13(12(17)4-10)19-7-14(22)15(23)8-19/h2-4,11,14-15,22-23H,5-8H2,1H3,(H,18,21). The molecule has 3 unspecified atom stereocenters. The molecule has 8 nitrogen and oxygen atoms in total. The molecule has 2 aliphatic rings. The average Bonchev–Trinajstić information content (AvgIpc) is 3.08. The molecule has 2 aliphatic heterocycles. The van der Waals surface area contributed by atoms with Gasteiger partial charge in [0.1, 0.15) is 11.9 Å². The van der Waals surface area contributed by atoms with Crippen LogP contribution < -0.4 is 15.1 Å². The first-order valence-corrected chi connectivity index (χ1v) is 7.98. The Labute approximate surface area is 143 Å². The van der Waals surface area contributed by atoms with E-state index in [1.165, 1.54) is 24.0 Å². The lowest BCUT2D eigenvalue weighted by atomic mass is 10.2. The van der Waals surface area contributed by atoms with Gasteiger partial charge in [0.2, 0.25) is 5.91 Å². The minimum atomic E-state index is -0.915. The van der Waals surface area contributed by atoms with E-state index in [-0.39, 0.29) is 37.8 Å². The monoisotopic (exact) mass is 353 g/mol. The Hall–Kier alpha value is -2.39. The van der Waals surface area contributed by atoms with Crippen molar-refractivity contribution in [3.05, 3.63) is 24.0 Å². The third-order valence-electron chi connectivity index (χ3n) is 4.30. The molecular weight excluding hydrogens is 333 g/mol. The van der Waals surface area contributed by atoms with Gasteiger partial charge in [0.15, 0.2) is 0 Å². The summed E-state index contributed by atoms with van der Waals surface area (Å²) in [6, 6.07) is 4.30. The fourth-order valence-electron chi connectivity index (χ4n) is 2.98. The molecule has 2 heterocycles. The van der Waals surface area contributed by atoms with E-state index < -0.39 is 30.2 Å². The van der Waals surface area contributed by atoms with Crippen LogP contribution in [0.15, 0.2) is 18.2 Å². The number of ether oxygens (including phenoxy) is 1. The van der Waals surface area contributed by atoms with Crippen LogP contribution in [-0.4, -0.2) is 66.7 Å². The maximum absolute atomic E-state index is 14.4. The second kappa shape index (κ2) is 6.85. The fraction of sp³-hybridized carbons (Fsp3) is 0.500. The van der Waals surface area contributed by atoms with Gasteiger partial charge in [-0.05, 0) is 18.2 Å². The third kappa shape index (κ3) is 3.67. The van der Waals surface area contributed by atoms with E-state index in [0.717, 1.165) is 0 Å². The number of aliphatic hydroxyl groups is 2. The van der Waals surface area contributed by atoms with Gasteiger partial charge < -0.3 is 25.2 Å². The van der Waals surface area contributed by atoms with Crippen molar-refractivity contribution in [3.63, 3.8) is 0 Å². The van der Waals surface area contributed by atoms with Gasteiger partial charge in [-0.2, -0.15) is 0 Å². The van der Waals surface area contributed by atoms with E-state index in [0.29, 0.717) is 5.69 Å². The number of hydrogen-bond donors (Lipinski definition) is 3. The second-order valence-corrected chi connectivity index (χ2v) is 6.23. The highest BCUT2D eigenvalue weighted by Crippen LogP contribution is 2.29. The van der Waals surface area contributed by atoms with Crippen LogP contribution in [0.25, 0.3) is 0 Å². The van der Waals surface area contributed by atoms with Crippen molar-refractivity contribution in [1.82, 2.24) is 5.32 Å². The molecule has 0 aliphatic carbocycles. The lowest BCUT2D eigenvalue weighted by molar-refractivity contribution is -0.119. The quantitative estimate of drug-likeness (QED) is 0.695. The normalized spacial score (nSPS) is 26.1. The van der Waals surface area contributed by atoms with Crippen molar-refractivity contribution in [3.8, 4) is 0 Å². The number of nitrogens with one attached hydrogen (secondary N) is 1. The molecule has 2 fully saturated rings. The van der Waals surface area contributed by atoms with Gasteiger partial charge >= 0.3 is 6.09 Å². The van der Waals surface area contributed by atoms with Crippen LogP contribution in [0.2, 0.25) is 0 Å². The fourth-order valence-corrected chi connectivity index (χ4v) is 2.98. The molecule has 9 heteroatoms. The maximum atomic E-state index is 14.4. The summed E-state index contributed by atoms with van der Waals surface area (Å²) in [6.07, 6.45) is -2.93. The first kappa shape index (κ1) is 17.4. The van der Waals surface area contributed by atoms with Crippen LogP contribution in [-0.2, 0) is 9.53 Å². The lowest BCUT2D eigenvalue weighted by Gasteiger charge is -2.20. The molecule has 0 aromatic heterocycles. The van der Waals surface area contributed by atoms with E-state index >= 15 is 0 Å². The van der Waals surface area contributed by atoms with Gasteiger partial charge in [-0.25, -0.2) is 9.18 Å². The summed E-state index contributed by atoms with van der Waals surface area (Å²) in [7, 11) is 0. The maximum Gasteiger partial charge on any atom is 0.414 e. The van der Waals surface area contributed by atoms with Crippen molar-refractivity contribution >= 4 is 23.4 Å². The van der Waals surface area contributed by atoms with Crippen molar-refractivity contribution < 1.29 is 28.9 Å². The molecule has 0 radical (unpaired) electrons. The minimum absolute atomic E-state index is 0.141. The summed E-state index contributed by atoms with van der Waals surface area (Å²) < 4.78 is 19.6. The zero-order valence-corrected chi connectivity index (χ0v) is 13.7. The summed E-state index contributed by atoms with van der Waals surface area (Å²) in [4.78, 5) is 25.7. The van der Waals surface area contributed by atoms with Crippen LogP contribution >= 0.6 is 0 Å². The molecule has 2 saturated heterocycles. The lowest BCUT2D eigenvalue weighted by Crippen LogP contribution is -2.33. The number of β-amino-alcohol motifs (C(OH)–C–C–N with tert-alkyl or cyclic N) is 2. The largest absolute Gasteiger partial charge is 0.442 e. The Morgan fingerprint density at radius 3 is 2.60 bits per heavy atom. The Morgan fingerprint density at radius 1 is 1.32 bits per heavy atom. The molecule has 1 aromatic rings. The molecule has 0 spiro atoms. The molecular formula is C16H20FN3O5. The van der Waals surface area contributed by atoms with Crippen molar-refractivity contribution in [2.75, 3.05) is 36.0 Å². The second-order valence-electron chi connectivity index (χ2n) is 6.23. The summed E-state index contributed by atoms with van der Waals surface area (Å²) in [5.74, 6) is -0.781. The molecule has 2 amide bonds. The predicted molar refractivity (Wildman–Crippen MR) is 86.9 cm³/mol. The molecule has 0 bridgehead atoms. The third-order valence-corrected chi connectivity index (χ3v) is 4.30. The number of nitrogens with zero attached hydrogens (tertiary/aromatic N) is 2. The summed E-state index contributed by atoms with van der Waals surface area (Å²) in [5, 5.41) is 21.7. The summed E-state index contributed by atoms with van der Waals surface area (Å²) >= 11 is 0. The Balaban J connectivity index is 1.70. The number of carbonyl (C=O) groups is 2. The molecule has 0 saturated carbocycles.